The Morgan fingerprint density at radius 3 is 2.48 bits per heavy atom. The van der Waals surface area contributed by atoms with Gasteiger partial charge in [0.2, 0.25) is 0 Å². The van der Waals surface area contributed by atoms with Gasteiger partial charge >= 0.3 is 0 Å². The fourth-order valence-electron chi connectivity index (χ4n) is 2.99. The number of hydrogen-bond donors (Lipinski definition) is 3. The highest BCUT2D eigenvalue weighted by atomic mass is 32.1. The predicted octanol–water partition coefficient (Wildman–Crippen LogP) is 3.76. The summed E-state index contributed by atoms with van der Waals surface area (Å²) >= 11 is 5.40. The quantitative estimate of drug-likeness (QED) is 0.470. The lowest BCUT2D eigenvalue weighted by molar-refractivity contribution is 0.447. The Morgan fingerprint density at radius 1 is 1.07 bits per heavy atom. The zero-order valence-electron chi connectivity index (χ0n) is 14.5. The molecule has 0 bridgehead atoms. The van der Waals surface area contributed by atoms with Crippen molar-refractivity contribution in [1.82, 2.24) is 24.3 Å². The topological polar surface area (TPSA) is 91.9 Å². The monoisotopic (exact) mass is 379 g/mol. The van der Waals surface area contributed by atoms with Crippen LogP contribution in [-0.2, 0) is 6.42 Å². The molecule has 4 aromatic rings. The van der Waals surface area contributed by atoms with E-state index in [1.54, 1.807) is 23.2 Å². The van der Waals surface area contributed by atoms with E-state index in [2.05, 4.69) is 15.2 Å². The van der Waals surface area contributed by atoms with Crippen LogP contribution in [0.15, 0.2) is 55.1 Å². The number of aryl methyl sites for hydroxylation is 1. The van der Waals surface area contributed by atoms with Gasteiger partial charge in [0, 0.05) is 24.1 Å². The first-order valence-corrected chi connectivity index (χ1v) is 8.80. The first kappa shape index (κ1) is 17.0. The van der Waals surface area contributed by atoms with Crippen molar-refractivity contribution in [2.75, 3.05) is 0 Å². The molecule has 0 saturated heterocycles. The van der Waals surface area contributed by atoms with Crippen LogP contribution in [0, 0.1) is 4.77 Å². The van der Waals surface area contributed by atoms with Gasteiger partial charge in [-0.25, -0.2) is 4.98 Å². The fourth-order valence-corrected chi connectivity index (χ4v) is 3.22. The van der Waals surface area contributed by atoms with Crippen molar-refractivity contribution in [3.05, 3.63) is 65.5 Å². The van der Waals surface area contributed by atoms with Crippen LogP contribution in [0.1, 0.15) is 12.5 Å². The number of aromatic amines is 1. The molecule has 0 aliphatic carbocycles. The van der Waals surface area contributed by atoms with Crippen LogP contribution in [0.4, 0.5) is 0 Å². The predicted molar refractivity (Wildman–Crippen MR) is 104 cm³/mol. The summed E-state index contributed by atoms with van der Waals surface area (Å²) in [6.07, 6.45) is 5.94. The highest BCUT2D eigenvalue weighted by molar-refractivity contribution is 7.71. The number of phenolic OH excluding ortho intramolecular Hbond substituents is 2. The number of phenols is 2. The van der Waals surface area contributed by atoms with E-state index in [9.17, 15) is 10.2 Å². The summed E-state index contributed by atoms with van der Waals surface area (Å²) in [7, 11) is 0. The highest BCUT2D eigenvalue weighted by Gasteiger charge is 2.17. The maximum absolute atomic E-state index is 10.3. The molecule has 4 rings (SSSR count). The van der Waals surface area contributed by atoms with Gasteiger partial charge in [0.1, 0.15) is 11.5 Å². The smallest absolute Gasteiger partial charge is 0.200 e. The van der Waals surface area contributed by atoms with E-state index in [0.717, 1.165) is 16.9 Å². The Labute approximate surface area is 160 Å². The normalized spacial score (nSPS) is 11.0. The molecular weight excluding hydrogens is 362 g/mol. The van der Waals surface area contributed by atoms with Crippen LogP contribution in [0.3, 0.4) is 0 Å². The van der Waals surface area contributed by atoms with Crippen LogP contribution in [0.25, 0.3) is 22.8 Å². The zero-order valence-corrected chi connectivity index (χ0v) is 15.3. The SMILES string of the molecule is CCc1cc(-c2n[nH]c(=S)n2-c2ccc(-n3ccnc3)cc2)c(O)cc1O. The molecule has 0 saturated carbocycles. The Bertz CT molecular complexity index is 1140. The number of benzene rings is 2. The number of hydrogen-bond acceptors (Lipinski definition) is 5. The van der Waals surface area contributed by atoms with Gasteiger partial charge in [0.15, 0.2) is 10.6 Å². The summed E-state index contributed by atoms with van der Waals surface area (Å²) in [5, 5.41) is 27.4. The summed E-state index contributed by atoms with van der Waals surface area (Å²) in [5.74, 6) is 0.474. The van der Waals surface area contributed by atoms with Crippen LogP contribution in [0.2, 0.25) is 0 Å². The van der Waals surface area contributed by atoms with Crippen molar-refractivity contribution in [3.63, 3.8) is 0 Å². The Hall–Kier alpha value is -3.39. The van der Waals surface area contributed by atoms with Crippen molar-refractivity contribution in [2.45, 2.75) is 13.3 Å². The molecular formula is C19H17N5O2S. The van der Waals surface area contributed by atoms with Gasteiger partial charge in [-0.2, -0.15) is 5.10 Å². The van der Waals surface area contributed by atoms with E-state index >= 15 is 0 Å². The molecule has 0 fully saturated rings. The molecule has 0 spiro atoms. The Kier molecular flexibility index (Phi) is 4.25. The maximum atomic E-state index is 10.3. The standard InChI is InChI=1S/C19H17N5O2S/c1-2-12-9-15(17(26)10-16(12)25)18-21-22-19(27)24(18)14-5-3-13(4-6-14)23-8-7-20-11-23/h3-11,25-26H,2H2,1H3,(H,22,27). The van der Waals surface area contributed by atoms with E-state index in [-0.39, 0.29) is 11.5 Å². The summed E-state index contributed by atoms with van der Waals surface area (Å²) in [6.45, 7) is 1.93. The van der Waals surface area contributed by atoms with E-state index in [0.29, 0.717) is 22.6 Å². The largest absolute Gasteiger partial charge is 0.508 e. The number of aromatic hydroxyl groups is 2. The van der Waals surface area contributed by atoms with Gasteiger partial charge in [-0.15, -0.1) is 0 Å². The third-order valence-corrected chi connectivity index (χ3v) is 4.68. The average Bonchev–Trinajstić information content (AvgIpc) is 3.32. The van der Waals surface area contributed by atoms with Gasteiger partial charge in [-0.1, -0.05) is 6.92 Å². The third-order valence-electron chi connectivity index (χ3n) is 4.40. The first-order chi connectivity index (χ1) is 13.1. The summed E-state index contributed by atoms with van der Waals surface area (Å²) < 4.78 is 4.06. The maximum Gasteiger partial charge on any atom is 0.200 e. The molecule has 27 heavy (non-hydrogen) atoms. The van der Waals surface area contributed by atoms with Crippen molar-refractivity contribution in [2.24, 2.45) is 0 Å². The van der Waals surface area contributed by atoms with Crippen molar-refractivity contribution in [1.29, 1.82) is 0 Å². The van der Waals surface area contributed by atoms with Crippen molar-refractivity contribution >= 4 is 12.2 Å². The van der Waals surface area contributed by atoms with Crippen LogP contribution >= 0.6 is 12.2 Å². The highest BCUT2D eigenvalue weighted by Crippen LogP contribution is 2.35. The number of nitrogens with zero attached hydrogens (tertiary/aromatic N) is 4. The van der Waals surface area contributed by atoms with Gasteiger partial charge in [0.25, 0.3) is 0 Å². The lowest BCUT2D eigenvalue weighted by Gasteiger charge is -2.11. The molecule has 2 heterocycles. The minimum absolute atomic E-state index is 0.0594. The molecule has 0 atom stereocenters. The van der Waals surface area contributed by atoms with Crippen molar-refractivity contribution in [3.8, 4) is 34.3 Å². The first-order valence-electron chi connectivity index (χ1n) is 8.40. The second-order valence-electron chi connectivity index (χ2n) is 6.03. The summed E-state index contributed by atoms with van der Waals surface area (Å²) in [4.78, 5) is 4.05. The van der Waals surface area contributed by atoms with Crippen LogP contribution < -0.4 is 0 Å². The van der Waals surface area contributed by atoms with E-state index < -0.39 is 0 Å². The number of nitrogens with one attached hydrogen (secondary N) is 1. The lowest BCUT2D eigenvalue weighted by atomic mass is 10.1. The summed E-state index contributed by atoms with van der Waals surface area (Å²) in [5.41, 5.74) is 2.99. The van der Waals surface area contributed by atoms with Gasteiger partial charge in [-0.3, -0.25) is 9.67 Å². The van der Waals surface area contributed by atoms with Crippen LogP contribution in [-0.4, -0.2) is 34.5 Å². The number of H-pyrrole nitrogens is 1. The second kappa shape index (κ2) is 6.73. The van der Waals surface area contributed by atoms with E-state index in [4.69, 9.17) is 12.2 Å². The molecule has 0 aliphatic heterocycles. The average molecular weight is 379 g/mol. The number of imidazole rings is 1. The molecule has 0 radical (unpaired) electrons. The molecule has 0 aliphatic rings. The molecule has 2 aromatic carbocycles. The fraction of sp³-hybridized carbons (Fsp3) is 0.105. The van der Waals surface area contributed by atoms with Gasteiger partial charge in [0.05, 0.1) is 17.6 Å². The molecule has 136 valence electrons. The molecule has 2 aromatic heterocycles. The van der Waals surface area contributed by atoms with Gasteiger partial charge in [-0.05, 0) is 54.5 Å². The minimum Gasteiger partial charge on any atom is -0.508 e. The molecule has 7 nitrogen and oxygen atoms in total. The summed E-state index contributed by atoms with van der Waals surface area (Å²) in [6, 6.07) is 10.8. The molecule has 0 unspecified atom stereocenters. The molecule has 8 heteroatoms. The number of aromatic nitrogens is 5. The molecule has 0 amide bonds. The van der Waals surface area contributed by atoms with Crippen molar-refractivity contribution < 1.29 is 10.2 Å². The third kappa shape index (κ3) is 3.00. The van der Waals surface area contributed by atoms with E-state index in [1.165, 1.54) is 6.07 Å². The Balaban J connectivity index is 1.83. The Morgan fingerprint density at radius 2 is 1.81 bits per heavy atom. The van der Waals surface area contributed by atoms with Crippen LogP contribution in [0.5, 0.6) is 11.5 Å². The van der Waals surface area contributed by atoms with Gasteiger partial charge < -0.3 is 14.8 Å². The minimum atomic E-state index is -0.0602. The molecule has 3 N–H and O–H groups in total. The van der Waals surface area contributed by atoms with E-state index in [1.807, 2.05) is 42.0 Å². The number of rotatable bonds is 4. The lowest BCUT2D eigenvalue weighted by Crippen LogP contribution is -1.99. The second-order valence-corrected chi connectivity index (χ2v) is 6.41. The zero-order chi connectivity index (χ0) is 19.0.